The molecule has 0 fully saturated rings. The van der Waals surface area contributed by atoms with Crippen molar-refractivity contribution in [2.45, 2.75) is 0 Å². The summed E-state index contributed by atoms with van der Waals surface area (Å²) in [7, 11) is 1.90. The summed E-state index contributed by atoms with van der Waals surface area (Å²) in [6.07, 6.45) is 0. The molecule has 0 aliphatic heterocycles. The molecule has 0 amide bonds. The highest BCUT2D eigenvalue weighted by Gasteiger charge is 2.17. The van der Waals surface area contributed by atoms with Gasteiger partial charge in [0, 0.05) is 12.1 Å². The molecule has 3 nitrogen and oxygen atoms in total. The lowest BCUT2D eigenvalue weighted by Crippen LogP contribution is -1.98. The monoisotopic (exact) mass is 325 g/mol. The number of nitrogens with zero attached hydrogens (tertiary/aromatic N) is 2. The van der Waals surface area contributed by atoms with Crippen molar-refractivity contribution in [2.24, 2.45) is 7.05 Å². The molecule has 2 aromatic carbocycles. The average molecular weight is 327 g/mol. The number of nitrogens with two attached hydrogens (primary N) is 1. The van der Waals surface area contributed by atoms with Gasteiger partial charge < -0.3 is 10.3 Å². The first-order chi connectivity index (χ1) is 9.49. The van der Waals surface area contributed by atoms with Crippen molar-refractivity contribution < 1.29 is 0 Å². The Morgan fingerprint density at radius 2 is 1.75 bits per heavy atom. The van der Waals surface area contributed by atoms with Gasteiger partial charge in [-0.25, -0.2) is 4.98 Å². The first-order valence-electron chi connectivity index (χ1n) is 5.85. The van der Waals surface area contributed by atoms with Crippen LogP contribution < -0.4 is 5.73 Å². The largest absolute Gasteiger partial charge is 0.397 e. The third-order valence-corrected chi connectivity index (χ3v) is 4.09. The van der Waals surface area contributed by atoms with E-state index in [1.807, 2.05) is 23.7 Å². The Hall–Kier alpha value is -1.42. The van der Waals surface area contributed by atoms with Gasteiger partial charge in [-0.3, -0.25) is 0 Å². The number of anilines is 1. The maximum absolute atomic E-state index is 6.25. The number of halogens is 3. The number of rotatable bonds is 1. The van der Waals surface area contributed by atoms with Gasteiger partial charge in [-0.05, 0) is 30.3 Å². The van der Waals surface area contributed by atoms with Crippen LogP contribution >= 0.6 is 34.8 Å². The highest BCUT2D eigenvalue weighted by atomic mass is 35.5. The maximum atomic E-state index is 6.25. The van der Waals surface area contributed by atoms with E-state index in [0.29, 0.717) is 32.1 Å². The number of hydrogen-bond donors (Lipinski definition) is 1. The summed E-state index contributed by atoms with van der Waals surface area (Å²) in [4.78, 5) is 4.56. The molecule has 0 bridgehead atoms. The van der Waals surface area contributed by atoms with E-state index in [-0.39, 0.29) is 0 Å². The molecule has 3 rings (SSSR count). The lowest BCUT2D eigenvalue weighted by Gasteiger charge is -2.09. The first-order valence-corrected chi connectivity index (χ1v) is 6.98. The second kappa shape index (κ2) is 4.85. The molecule has 0 atom stereocenters. The van der Waals surface area contributed by atoms with Crippen LogP contribution in [0, 0.1) is 0 Å². The standard InChI is InChI=1S/C14H10Cl3N3/c1-20-11-5-2-7(15)6-10(11)19-14(20)12-8(16)3-4-9(17)13(12)18/h2-6H,18H2,1H3. The third-order valence-electron chi connectivity index (χ3n) is 3.21. The fourth-order valence-electron chi connectivity index (χ4n) is 2.19. The molecule has 1 heterocycles. The molecule has 0 unspecified atom stereocenters. The highest BCUT2D eigenvalue weighted by molar-refractivity contribution is 6.37. The quantitative estimate of drug-likeness (QED) is 0.654. The minimum atomic E-state index is 0.420. The summed E-state index contributed by atoms with van der Waals surface area (Å²) in [5.74, 6) is 0.660. The lowest BCUT2D eigenvalue weighted by molar-refractivity contribution is 0.960. The average Bonchev–Trinajstić information content (AvgIpc) is 2.71. The normalized spacial score (nSPS) is 11.2. The SMILES string of the molecule is Cn1c(-c2c(Cl)ccc(Cl)c2N)nc2cc(Cl)ccc21. The number of aryl methyl sites for hydroxylation is 1. The molecule has 20 heavy (non-hydrogen) atoms. The second-order valence-electron chi connectivity index (χ2n) is 4.45. The van der Waals surface area contributed by atoms with E-state index in [4.69, 9.17) is 40.5 Å². The molecule has 1 aromatic heterocycles. The minimum absolute atomic E-state index is 0.420. The van der Waals surface area contributed by atoms with E-state index in [1.54, 1.807) is 18.2 Å². The van der Waals surface area contributed by atoms with Crippen LogP contribution in [0.15, 0.2) is 30.3 Å². The summed E-state index contributed by atoms with van der Waals surface area (Å²) in [6, 6.07) is 8.90. The Morgan fingerprint density at radius 3 is 2.50 bits per heavy atom. The van der Waals surface area contributed by atoms with Gasteiger partial charge in [0.1, 0.15) is 5.82 Å². The third kappa shape index (κ3) is 2.03. The Morgan fingerprint density at radius 1 is 1.05 bits per heavy atom. The zero-order valence-corrected chi connectivity index (χ0v) is 12.8. The van der Waals surface area contributed by atoms with Gasteiger partial charge in [-0.15, -0.1) is 0 Å². The lowest BCUT2D eigenvalue weighted by atomic mass is 10.1. The van der Waals surface area contributed by atoms with Crippen LogP contribution in [0.2, 0.25) is 15.1 Å². The molecule has 0 spiro atoms. The van der Waals surface area contributed by atoms with Gasteiger partial charge in [-0.2, -0.15) is 0 Å². The molecule has 0 aliphatic carbocycles. The number of benzene rings is 2. The number of nitrogen functional groups attached to an aromatic ring is 1. The van der Waals surface area contributed by atoms with E-state index in [2.05, 4.69) is 4.98 Å². The van der Waals surface area contributed by atoms with E-state index in [9.17, 15) is 0 Å². The molecule has 0 saturated carbocycles. The molecule has 0 saturated heterocycles. The van der Waals surface area contributed by atoms with Crippen molar-refractivity contribution in [3.05, 3.63) is 45.4 Å². The summed E-state index contributed by atoms with van der Waals surface area (Å²) in [5.41, 5.74) is 8.82. The van der Waals surface area contributed by atoms with Crippen molar-refractivity contribution in [1.29, 1.82) is 0 Å². The van der Waals surface area contributed by atoms with Crippen LogP contribution in [-0.2, 0) is 7.05 Å². The van der Waals surface area contributed by atoms with Gasteiger partial charge in [0.15, 0.2) is 0 Å². The smallest absolute Gasteiger partial charge is 0.144 e. The number of hydrogen-bond acceptors (Lipinski definition) is 2. The van der Waals surface area contributed by atoms with Crippen molar-refractivity contribution in [3.8, 4) is 11.4 Å². The van der Waals surface area contributed by atoms with E-state index < -0.39 is 0 Å². The van der Waals surface area contributed by atoms with Gasteiger partial charge in [0.05, 0.1) is 32.3 Å². The number of fused-ring (bicyclic) bond motifs is 1. The number of imidazole rings is 1. The molecular formula is C14H10Cl3N3. The molecular weight excluding hydrogens is 317 g/mol. The zero-order chi connectivity index (χ0) is 14.4. The Balaban J connectivity index is 2.36. The van der Waals surface area contributed by atoms with E-state index >= 15 is 0 Å². The van der Waals surface area contributed by atoms with Gasteiger partial charge in [0.2, 0.25) is 0 Å². The molecule has 3 aromatic rings. The topological polar surface area (TPSA) is 43.8 Å². The number of aromatic nitrogens is 2. The van der Waals surface area contributed by atoms with Crippen LogP contribution in [0.4, 0.5) is 5.69 Å². The van der Waals surface area contributed by atoms with Gasteiger partial charge >= 0.3 is 0 Å². The summed E-state index contributed by atoms with van der Waals surface area (Å²) >= 11 is 18.3. The van der Waals surface area contributed by atoms with Crippen LogP contribution in [0.1, 0.15) is 0 Å². The summed E-state index contributed by atoms with van der Waals surface area (Å²) in [5, 5.41) is 1.60. The Bertz CT molecular complexity index is 824. The van der Waals surface area contributed by atoms with Crippen molar-refractivity contribution in [1.82, 2.24) is 9.55 Å². The van der Waals surface area contributed by atoms with Gasteiger partial charge in [-0.1, -0.05) is 34.8 Å². The van der Waals surface area contributed by atoms with Crippen molar-refractivity contribution in [2.75, 3.05) is 5.73 Å². The summed E-state index contributed by atoms with van der Waals surface area (Å²) < 4.78 is 1.92. The maximum Gasteiger partial charge on any atom is 0.144 e. The first kappa shape index (κ1) is 13.6. The van der Waals surface area contributed by atoms with E-state index in [0.717, 1.165) is 11.0 Å². The van der Waals surface area contributed by atoms with Crippen LogP contribution in [0.3, 0.4) is 0 Å². The summed E-state index contributed by atoms with van der Waals surface area (Å²) in [6.45, 7) is 0. The Kier molecular flexibility index (Phi) is 3.28. The fraction of sp³-hybridized carbons (Fsp3) is 0.0714. The highest BCUT2D eigenvalue weighted by Crippen LogP contribution is 2.38. The predicted molar refractivity (Wildman–Crippen MR) is 85.6 cm³/mol. The van der Waals surface area contributed by atoms with Crippen LogP contribution in [0.5, 0.6) is 0 Å². The zero-order valence-electron chi connectivity index (χ0n) is 10.5. The fourth-order valence-corrected chi connectivity index (χ4v) is 2.76. The predicted octanol–water partition coefficient (Wildman–Crippen LogP) is 4.78. The molecule has 2 N–H and O–H groups in total. The van der Waals surface area contributed by atoms with Gasteiger partial charge in [0.25, 0.3) is 0 Å². The van der Waals surface area contributed by atoms with Crippen LogP contribution in [-0.4, -0.2) is 9.55 Å². The molecule has 102 valence electrons. The molecule has 0 aliphatic rings. The molecule has 6 heteroatoms. The van der Waals surface area contributed by atoms with Crippen LogP contribution in [0.25, 0.3) is 22.4 Å². The Labute approximate surface area is 130 Å². The van der Waals surface area contributed by atoms with Crippen molar-refractivity contribution in [3.63, 3.8) is 0 Å². The van der Waals surface area contributed by atoms with E-state index in [1.165, 1.54) is 0 Å². The second-order valence-corrected chi connectivity index (χ2v) is 5.70. The minimum Gasteiger partial charge on any atom is -0.397 e. The molecule has 0 radical (unpaired) electrons. The van der Waals surface area contributed by atoms with Crippen molar-refractivity contribution >= 4 is 51.5 Å².